The van der Waals surface area contributed by atoms with Gasteiger partial charge in [0.25, 0.3) is 0 Å². The van der Waals surface area contributed by atoms with E-state index in [4.69, 9.17) is 0 Å². The summed E-state index contributed by atoms with van der Waals surface area (Å²) in [5.74, 6) is 0. The highest BCUT2D eigenvalue weighted by Gasteiger charge is 2.01. The maximum atomic E-state index is 4.10. The third-order valence-electron chi connectivity index (χ3n) is 3.21. The van der Waals surface area contributed by atoms with Crippen LogP contribution in [-0.2, 0) is 6.54 Å². The molecule has 0 spiro atoms. The normalized spacial score (nSPS) is 10.5. The van der Waals surface area contributed by atoms with E-state index in [1.807, 2.05) is 0 Å². The maximum Gasteiger partial charge on any atom is 0.188 e. The first kappa shape index (κ1) is 13.7. The van der Waals surface area contributed by atoms with Crippen LogP contribution < -0.4 is 5.32 Å². The van der Waals surface area contributed by atoms with E-state index in [0.29, 0.717) is 0 Å². The van der Waals surface area contributed by atoms with Crippen molar-refractivity contribution in [3.05, 3.63) is 66.0 Å². The lowest BCUT2D eigenvalue weighted by molar-refractivity contribution is 0.973. The molecular formula is C16H16N4S. The van der Waals surface area contributed by atoms with Crippen LogP contribution in [0.15, 0.2) is 64.9 Å². The fraction of sp³-hybridized carbons (Fsp3) is 0.125. The summed E-state index contributed by atoms with van der Waals surface area (Å²) in [7, 11) is 0. The number of aryl methyl sites for hydroxylation is 1. The zero-order chi connectivity index (χ0) is 14.5. The van der Waals surface area contributed by atoms with Crippen molar-refractivity contribution in [3.63, 3.8) is 0 Å². The molecule has 1 aromatic heterocycles. The Balaban J connectivity index is 1.61. The highest BCUT2D eigenvalue weighted by atomic mass is 32.2. The largest absolute Gasteiger partial charge is 0.381 e. The Kier molecular flexibility index (Phi) is 4.21. The van der Waals surface area contributed by atoms with Crippen molar-refractivity contribution in [3.8, 4) is 0 Å². The number of hydrogen-bond donors (Lipinski definition) is 2. The van der Waals surface area contributed by atoms with Crippen LogP contribution in [0.1, 0.15) is 11.1 Å². The molecule has 106 valence electrons. The Morgan fingerprint density at radius 3 is 2.62 bits per heavy atom. The van der Waals surface area contributed by atoms with Crippen LogP contribution in [0.3, 0.4) is 0 Å². The number of hydrogen-bond acceptors (Lipinski definition) is 4. The minimum atomic E-state index is 0.801. The monoisotopic (exact) mass is 296 g/mol. The average molecular weight is 296 g/mol. The Morgan fingerprint density at radius 2 is 1.90 bits per heavy atom. The van der Waals surface area contributed by atoms with Crippen molar-refractivity contribution in [1.29, 1.82) is 0 Å². The zero-order valence-electron chi connectivity index (χ0n) is 11.7. The molecule has 0 aliphatic carbocycles. The van der Waals surface area contributed by atoms with Gasteiger partial charge in [-0.3, -0.25) is 5.10 Å². The van der Waals surface area contributed by atoms with Crippen molar-refractivity contribution in [2.45, 2.75) is 23.5 Å². The molecule has 3 rings (SSSR count). The maximum absolute atomic E-state index is 4.10. The number of nitrogens with one attached hydrogen (secondary N) is 2. The van der Waals surface area contributed by atoms with Crippen LogP contribution in [-0.4, -0.2) is 15.2 Å². The van der Waals surface area contributed by atoms with Crippen LogP contribution in [0.25, 0.3) is 0 Å². The molecule has 21 heavy (non-hydrogen) atoms. The summed E-state index contributed by atoms with van der Waals surface area (Å²) < 4.78 is 0. The summed E-state index contributed by atoms with van der Waals surface area (Å²) in [5.41, 5.74) is 3.74. The summed E-state index contributed by atoms with van der Waals surface area (Å²) in [6, 6.07) is 16.7. The number of nitrogens with zero attached hydrogens (tertiary/aromatic N) is 2. The lowest BCUT2D eigenvalue weighted by Gasteiger charge is -2.09. The van der Waals surface area contributed by atoms with E-state index in [1.165, 1.54) is 17.5 Å². The van der Waals surface area contributed by atoms with Crippen LogP contribution in [0.2, 0.25) is 0 Å². The van der Waals surface area contributed by atoms with Crippen molar-refractivity contribution in [1.82, 2.24) is 15.2 Å². The van der Waals surface area contributed by atoms with Crippen molar-refractivity contribution in [2.75, 3.05) is 5.32 Å². The van der Waals surface area contributed by atoms with E-state index < -0.39 is 0 Å². The van der Waals surface area contributed by atoms with Gasteiger partial charge in [0.1, 0.15) is 6.33 Å². The van der Waals surface area contributed by atoms with Crippen molar-refractivity contribution in [2.24, 2.45) is 0 Å². The fourth-order valence-electron chi connectivity index (χ4n) is 2.00. The standard InChI is InChI=1S/C16H16N4S/c1-12-4-2-3-5-13(12)10-17-14-6-8-15(9-7-14)21-16-18-11-19-20-16/h2-9,11,17H,10H2,1H3,(H,18,19,20). The molecule has 0 aliphatic heterocycles. The molecule has 3 aromatic rings. The highest BCUT2D eigenvalue weighted by Crippen LogP contribution is 2.25. The lowest BCUT2D eigenvalue weighted by Crippen LogP contribution is -2.00. The number of benzene rings is 2. The van der Waals surface area contributed by atoms with Gasteiger partial charge in [-0.2, -0.15) is 5.10 Å². The second kappa shape index (κ2) is 6.45. The van der Waals surface area contributed by atoms with E-state index in [2.05, 4.69) is 76.0 Å². The summed E-state index contributed by atoms with van der Waals surface area (Å²) in [5, 5.41) is 10.9. The second-order valence-corrected chi connectivity index (χ2v) is 5.76. The number of aromatic nitrogens is 3. The third-order valence-corrected chi connectivity index (χ3v) is 4.10. The molecule has 2 aromatic carbocycles. The van der Waals surface area contributed by atoms with E-state index >= 15 is 0 Å². The first-order valence-electron chi connectivity index (χ1n) is 6.73. The van der Waals surface area contributed by atoms with Gasteiger partial charge >= 0.3 is 0 Å². The highest BCUT2D eigenvalue weighted by molar-refractivity contribution is 7.99. The number of aromatic amines is 1. The van der Waals surface area contributed by atoms with Gasteiger partial charge in [-0.05, 0) is 42.3 Å². The summed E-state index contributed by atoms with van der Waals surface area (Å²) in [6.45, 7) is 2.97. The van der Waals surface area contributed by atoms with E-state index in [1.54, 1.807) is 11.8 Å². The predicted octanol–water partition coefficient (Wildman–Crippen LogP) is 3.88. The molecule has 1 heterocycles. The Hall–Kier alpha value is -2.27. The van der Waals surface area contributed by atoms with Gasteiger partial charge in [0.2, 0.25) is 0 Å². The summed E-state index contributed by atoms with van der Waals surface area (Å²) >= 11 is 1.56. The first-order valence-corrected chi connectivity index (χ1v) is 7.54. The van der Waals surface area contributed by atoms with E-state index in [9.17, 15) is 0 Å². The van der Waals surface area contributed by atoms with Crippen LogP contribution >= 0.6 is 11.8 Å². The average Bonchev–Trinajstić information content (AvgIpc) is 3.01. The molecule has 0 fully saturated rings. The number of H-pyrrole nitrogens is 1. The fourth-order valence-corrected chi connectivity index (χ4v) is 2.70. The Morgan fingerprint density at radius 1 is 1.10 bits per heavy atom. The molecule has 0 saturated carbocycles. The molecule has 0 bridgehead atoms. The van der Waals surface area contributed by atoms with Crippen molar-refractivity contribution < 1.29 is 0 Å². The van der Waals surface area contributed by atoms with Gasteiger partial charge in [0.15, 0.2) is 5.16 Å². The lowest BCUT2D eigenvalue weighted by atomic mass is 10.1. The molecule has 5 heteroatoms. The van der Waals surface area contributed by atoms with Crippen LogP contribution in [0.4, 0.5) is 5.69 Å². The summed E-state index contributed by atoms with van der Waals surface area (Å²) in [4.78, 5) is 5.23. The van der Waals surface area contributed by atoms with Crippen molar-refractivity contribution >= 4 is 17.4 Å². The molecule has 0 saturated heterocycles. The molecule has 0 atom stereocenters. The predicted molar refractivity (Wildman–Crippen MR) is 85.5 cm³/mol. The Bertz CT molecular complexity index is 693. The van der Waals surface area contributed by atoms with Crippen LogP contribution in [0.5, 0.6) is 0 Å². The van der Waals surface area contributed by atoms with E-state index in [-0.39, 0.29) is 0 Å². The van der Waals surface area contributed by atoms with Crippen LogP contribution in [0, 0.1) is 6.92 Å². The smallest absolute Gasteiger partial charge is 0.188 e. The topological polar surface area (TPSA) is 53.6 Å². The van der Waals surface area contributed by atoms with Gasteiger partial charge in [0, 0.05) is 17.1 Å². The molecule has 0 radical (unpaired) electrons. The SMILES string of the molecule is Cc1ccccc1CNc1ccc(Sc2ncn[nH]2)cc1. The molecule has 0 unspecified atom stereocenters. The molecular weight excluding hydrogens is 280 g/mol. The van der Waals surface area contributed by atoms with Gasteiger partial charge in [-0.1, -0.05) is 36.0 Å². The van der Waals surface area contributed by atoms with Gasteiger partial charge in [-0.15, -0.1) is 0 Å². The quantitative estimate of drug-likeness (QED) is 0.750. The number of anilines is 1. The molecule has 2 N–H and O–H groups in total. The minimum Gasteiger partial charge on any atom is -0.381 e. The van der Waals surface area contributed by atoms with E-state index in [0.717, 1.165) is 22.3 Å². The summed E-state index contributed by atoms with van der Waals surface area (Å²) in [6.07, 6.45) is 1.51. The molecule has 4 nitrogen and oxygen atoms in total. The first-order chi connectivity index (χ1) is 10.3. The zero-order valence-corrected chi connectivity index (χ0v) is 12.5. The Labute approximate surface area is 128 Å². The van der Waals surface area contributed by atoms with Gasteiger partial charge in [0.05, 0.1) is 0 Å². The molecule has 0 aliphatic rings. The van der Waals surface area contributed by atoms with Gasteiger partial charge in [-0.25, -0.2) is 4.98 Å². The van der Waals surface area contributed by atoms with Gasteiger partial charge < -0.3 is 5.32 Å². The minimum absolute atomic E-state index is 0.801. The third kappa shape index (κ3) is 3.64. The number of rotatable bonds is 5. The molecule has 0 amide bonds. The second-order valence-electron chi connectivity index (χ2n) is 4.70.